The standard InChI is InChI=1S/C28H35FN6O10S2/c1-3-31-17-20(26(37)38)25(36)19-14-21(29)23(15-22(19)31)32-4-6-33(7-5-32)27(39)43-10-12-46-47-13-11-45-28(40)44-9-8-34-18(2)30-16-24(34)35(41)42/h14-18,30H,3-13H2,1-2H3,(H,37,38). The number of nitrogens with zero attached hydrogens (tertiary/aromatic N) is 5. The molecule has 1 unspecified atom stereocenters. The lowest BCUT2D eigenvalue weighted by atomic mass is 10.1. The van der Waals surface area contributed by atoms with Crippen molar-refractivity contribution in [3.05, 3.63) is 62.1 Å². The van der Waals surface area contributed by atoms with Gasteiger partial charge in [-0.3, -0.25) is 4.79 Å². The molecule has 1 aromatic carbocycles. The minimum absolute atomic E-state index is 0.00735. The van der Waals surface area contributed by atoms with Gasteiger partial charge in [-0.25, -0.2) is 23.7 Å². The fraction of sp³-hybridized carbons (Fsp3) is 0.500. The predicted molar refractivity (Wildman–Crippen MR) is 173 cm³/mol. The average molecular weight is 699 g/mol. The van der Waals surface area contributed by atoms with Crippen LogP contribution in [0.3, 0.4) is 0 Å². The summed E-state index contributed by atoms with van der Waals surface area (Å²) in [5.74, 6) is -1.15. The zero-order valence-electron chi connectivity index (χ0n) is 25.7. The van der Waals surface area contributed by atoms with Gasteiger partial charge in [-0.2, -0.15) is 0 Å². The lowest BCUT2D eigenvalue weighted by Gasteiger charge is -2.35. The van der Waals surface area contributed by atoms with Gasteiger partial charge in [0.2, 0.25) is 5.43 Å². The Balaban J connectivity index is 1.10. The van der Waals surface area contributed by atoms with E-state index in [1.54, 1.807) is 29.4 Å². The second-order valence-corrected chi connectivity index (χ2v) is 13.0. The summed E-state index contributed by atoms with van der Waals surface area (Å²) in [7, 11) is 2.86. The minimum atomic E-state index is -1.37. The van der Waals surface area contributed by atoms with E-state index < -0.39 is 40.0 Å². The summed E-state index contributed by atoms with van der Waals surface area (Å²) >= 11 is 0. The third-order valence-corrected chi connectivity index (χ3v) is 9.75. The van der Waals surface area contributed by atoms with E-state index in [-0.39, 0.29) is 49.4 Å². The number of carboxylic acids is 1. The van der Waals surface area contributed by atoms with Crippen molar-refractivity contribution in [3.63, 3.8) is 0 Å². The third kappa shape index (κ3) is 8.91. The molecule has 0 aliphatic carbocycles. The number of benzene rings is 1. The number of piperazine rings is 1. The van der Waals surface area contributed by atoms with Crippen LogP contribution in [0.1, 0.15) is 24.2 Å². The lowest BCUT2D eigenvalue weighted by molar-refractivity contribution is -0.445. The van der Waals surface area contributed by atoms with Crippen molar-refractivity contribution in [1.29, 1.82) is 0 Å². The van der Waals surface area contributed by atoms with Crippen LogP contribution in [-0.2, 0) is 20.8 Å². The maximum Gasteiger partial charge on any atom is 0.508 e. The molecule has 0 saturated carbocycles. The highest BCUT2D eigenvalue weighted by molar-refractivity contribution is 8.76. The number of aromatic nitrogens is 1. The largest absolute Gasteiger partial charge is 0.508 e. The van der Waals surface area contributed by atoms with Gasteiger partial charge >= 0.3 is 24.0 Å². The quantitative estimate of drug-likeness (QED) is 0.0964. The van der Waals surface area contributed by atoms with Gasteiger partial charge in [-0.1, -0.05) is 21.6 Å². The monoisotopic (exact) mass is 698 g/mol. The van der Waals surface area contributed by atoms with Gasteiger partial charge in [0.25, 0.3) is 0 Å². The first-order valence-electron chi connectivity index (χ1n) is 14.7. The highest BCUT2D eigenvalue weighted by Crippen LogP contribution is 2.27. The van der Waals surface area contributed by atoms with Crippen LogP contribution in [-0.4, -0.2) is 113 Å². The van der Waals surface area contributed by atoms with E-state index >= 15 is 4.39 Å². The Hall–Kier alpha value is -4.39. The number of anilines is 1. The molecule has 2 N–H and O–H groups in total. The number of carbonyl (C=O) groups is 3. The van der Waals surface area contributed by atoms with Crippen LogP contribution < -0.4 is 15.6 Å². The Kier molecular flexibility index (Phi) is 12.4. The molecule has 1 fully saturated rings. The maximum atomic E-state index is 15.1. The van der Waals surface area contributed by atoms with E-state index in [9.17, 15) is 34.4 Å². The van der Waals surface area contributed by atoms with Crippen molar-refractivity contribution < 1.29 is 43.0 Å². The van der Waals surface area contributed by atoms with Gasteiger partial charge < -0.3 is 49.1 Å². The summed E-state index contributed by atoms with van der Waals surface area (Å²) < 4.78 is 32.0. The minimum Gasteiger partial charge on any atom is -0.477 e. The average Bonchev–Trinajstić information content (AvgIpc) is 3.42. The molecule has 1 amide bonds. The highest BCUT2D eigenvalue weighted by atomic mass is 33.1. The van der Waals surface area contributed by atoms with Gasteiger partial charge in [0, 0.05) is 55.8 Å². The van der Waals surface area contributed by atoms with Gasteiger partial charge in [0.05, 0.1) is 17.4 Å². The number of carbonyl (C=O) groups excluding carboxylic acids is 2. The van der Waals surface area contributed by atoms with Crippen LogP contribution in [0.2, 0.25) is 0 Å². The predicted octanol–water partition coefficient (Wildman–Crippen LogP) is 2.98. The number of aromatic carboxylic acids is 1. The number of fused-ring (bicyclic) bond motifs is 1. The number of aryl methyl sites for hydroxylation is 1. The third-order valence-electron chi connectivity index (χ3n) is 7.42. The fourth-order valence-electron chi connectivity index (χ4n) is 5.02. The Labute approximate surface area is 276 Å². The van der Waals surface area contributed by atoms with Crippen molar-refractivity contribution in [2.45, 2.75) is 26.6 Å². The number of rotatable bonds is 14. The van der Waals surface area contributed by atoms with Gasteiger partial charge in [0.1, 0.15) is 37.7 Å². The van der Waals surface area contributed by atoms with E-state index in [4.69, 9.17) is 14.2 Å². The zero-order valence-corrected chi connectivity index (χ0v) is 27.3. The molecular weight excluding hydrogens is 663 g/mol. The molecule has 3 heterocycles. The van der Waals surface area contributed by atoms with E-state index in [0.717, 1.165) is 6.07 Å². The molecule has 1 atom stereocenters. The number of nitro groups is 1. The van der Waals surface area contributed by atoms with Crippen molar-refractivity contribution in [1.82, 2.24) is 19.7 Å². The SMILES string of the molecule is CCn1cc(C(=O)O)c(=O)c2cc(F)c(N3CCN(C(=O)OCCSSCCOC(=O)OCCN4C([N+](=O)[O-])=CNC4C)CC3)cc21. The molecule has 2 aliphatic heterocycles. The number of hydrogen-bond donors (Lipinski definition) is 2. The van der Waals surface area contributed by atoms with Crippen LogP contribution in [0.5, 0.6) is 0 Å². The van der Waals surface area contributed by atoms with E-state index in [0.29, 0.717) is 49.7 Å². The van der Waals surface area contributed by atoms with Crippen molar-refractivity contribution in [2.75, 3.05) is 69.0 Å². The summed E-state index contributed by atoms with van der Waals surface area (Å²) in [4.78, 5) is 63.7. The molecule has 0 bridgehead atoms. The van der Waals surface area contributed by atoms with E-state index in [1.807, 2.05) is 0 Å². The van der Waals surface area contributed by atoms with Gasteiger partial charge in [0.15, 0.2) is 6.17 Å². The summed E-state index contributed by atoms with van der Waals surface area (Å²) in [5.41, 5.74) is -0.474. The number of hydrogen-bond acceptors (Lipinski definition) is 14. The van der Waals surface area contributed by atoms with Crippen molar-refractivity contribution in [2.24, 2.45) is 0 Å². The summed E-state index contributed by atoms with van der Waals surface area (Å²) in [6.07, 6.45) is 0.922. The summed E-state index contributed by atoms with van der Waals surface area (Å²) in [6.45, 7) is 5.51. The van der Waals surface area contributed by atoms with Crippen molar-refractivity contribution in [3.8, 4) is 0 Å². The number of halogens is 1. The lowest BCUT2D eigenvalue weighted by Crippen LogP contribution is -2.49. The van der Waals surface area contributed by atoms with Crippen LogP contribution in [0, 0.1) is 15.9 Å². The molecular formula is C28H35FN6O10S2. The van der Waals surface area contributed by atoms with Crippen molar-refractivity contribution >= 4 is 56.4 Å². The number of nitrogens with one attached hydrogen (secondary N) is 1. The first-order valence-corrected chi connectivity index (χ1v) is 17.2. The van der Waals surface area contributed by atoms with Gasteiger partial charge in [-0.15, -0.1) is 0 Å². The molecule has 0 radical (unpaired) electrons. The number of pyridine rings is 1. The second kappa shape index (κ2) is 16.4. The fourth-order valence-corrected chi connectivity index (χ4v) is 6.67. The second-order valence-electron chi connectivity index (χ2n) is 10.3. The molecule has 4 rings (SSSR count). The number of amides is 1. The molecule has 1 saturated heterocycles. The molecule has 0 spiro atoms. The molecule has 16 nitrogen and oxygen atoms in total. The normalized spacial score (nSPS) is 16.1. The molecule has 256 valence electrons. The molecule has 2 aromatic rings. The summed E-state index contributed by atoms with van der Waals surface area (Å²) in [6, 6.07) is 2.61. The zero-order chi connectivity index (χ0) is 34.1. The Bertz CT molecular complexity index is 1580. The maximum absolute atomic E-state index is 15.1. The van der Waals surface area contributed by atoms with Crippen LogP contribution in [0.4, 0.5) is 19.7 Å². The Morgan fingerprint density at radius 1 is 1.09 bits per heavy atom. The number of ether oxygens (including phenoxy) is 3. The van der Waals surface area contributed by atoms with E-state index in [1.165, 1.54) is 43.8 Å². The number of carboxylic acid groups (broad SMARTS) is 1. The molecule has 2 aliphatic rings. The topological polar surface area (TPSA) is 186 Å². The first-order chi connectivity index (χ1) is 22.5. The van der Waals surface area contributed by atoms with Gasteiger partial charge in [-0.05, 0) is 30.9 Å². The first kappa shape index (κ1) is 35.5. The van der Waals surface area contributed by atoms with Crippen LogP contribution in [0.15, 0.2) is 35.1 Å². The molecule has 1 aromatic heterocycles. The molecule has 47 heavy (non-hydrogen) atoms. The van der Waals surface area contributed by atoms with E-state index in [2.05, 4.69) is 5.32 Å². The molecule has 19 heteroatoms. The Morgan fingerprint density at radius 3 is 2.38 bits per heavy atom. The smallest absolute Gasteiger partial charge is 0.477 e. The van der Waals surface area contributed by atoms with Crippen LogP contribution >= 0.6 is 21.6 Å². The highest BCUT2D eigenvalue weighted by Gasteiger charge is 2.32. The summed E-state index contributed by atoms with van der Waals surface area (Å²) in [5, 5.41) is 23.2. The van der Waals surface area contributed by atoms with Crippen LogP contribution in [0.25, 0.3) is 10.9 Å². The Morgan fingerprint density at radius 2 is 1.74 bits per heavy atom.